The van der Waals surface area contributed by atoms with Gasteiger partial charge in [-0.15, -0.1) is 0 Å². The van der Waals surface area contributed by atoms with Crippen molar-refractivity contribution in [3.8, 4) is 0 Å². The Morgan fingerprint density at radius 3 is 2.38 bits per heavy atom. The van der Waals surface area contributed by atoms with Gasteiger partial charge in [0.05, 0.1) is 59.8 Å². The number of nitro groups is 1. The van der Waals surface area contributed by atoms with Gasteiger partial charge in [0.2, 0.25) is 5.82 Å². The summed E-state index contributed by atoms with van der Waals surface area (Å²) < 4.78 is 59.5. The molecule has 0 saturated heterocycles. The minimum Gasteiger partial charge on any atom is -0.466 e. The first-order valence-electron chi connectivity index (χ1n) is 10.1. The number of nitrogens with two attached hydrogens (primary N) is 1. The number of carbonyl (C=O) groups excluding carboxylic acids is 2. The van der Waals surface area contributed by atoms with Gasteiger partial charge < -0.3 is 25.3 Å². The Morgan fingerprint density at radius 2 is 1.85 bits per heavy atom. The van der Waals surface area contributed by atoms with Crippen molar-refractivity contribution in [3.63, 3.8) is 0 Å². The van der Waals surface area contributed by atoms with Gasteiger partial charge in [-0.2, -0.15) is 4.39 Å². The molecule has 186 valence electrons. The molecule has 1 heterocycles. The highest BCUT2D eigenvalue weighted by molar-refractivity contribution is 6.00. The number of alkyl halides is 1. The van der Waals surface area contributed by atoms with E-state index in [-0.39, 0.29) is 18.8 Å². The molecule has 0 bridgehead atoms. The Bertz CT molecular complexity index is 1040. The number of halogens is 3. The minimum absolute atomic E-state index is 0.0143. The van der Waals surface area contributed by atoms with Gasteiger partial charge in [0.15, 0.2) is 0 Å². The summed E-state index contributed by atoms with van der Waals surface area (Å²) in [7, 11) is 0.943. The molecular weight excluding hydrogens is 463 g/mol. The van der Waals surface area contributed by atoms with E-state index in [2.05, 4.69) is 10.1 Å². The molecule has 0 radical (unpaired) electrons. The molecule has 1 atom stereocenters. The molecule has 0 saturated carbocycles. The number of methoxy groups -OCH3 is 1. The molecule has 1 aliphatic rings. The second kappa shape index (κ2) is 11.6. The average Bonchev–Trinajstić information content (AvgIpc) is 2.77. The molecule has 0 aliphatic carbocycles. The number of nitrogens with one attached hydrogen (secondary N) is 1. The molecule has 1 aliphatic heterocycles. The molecule has 0 spiro atoms. The van der Waals surface area contributed by atoms with Gasteiger partial charge in [0.25, 0.3) is 0 Å². The maximum absolute atomic E-state index is 15.3. The van der Waals surface area contributed by atoms with Crippen LogP contribution in [0.3, 0.4) is 0 Å². The summed E-state index contributed by atoms with van der Waals surface area (Å²) in [5.74, 6) is -7.22. The first-order chi connectivity index (χ1) is 16.1. The number of hydrogen-bond acceptors (Lipinski definition) is 9. The fourth-order valence-electron chi connectivity index (χ4n) is 3.41. The predicted molar refractivity (Wildman–Crippen MR) is 112 cm³/mol. The van der Waals surface area contributed by atoms with Gasteiger partial charge in [-0.3, -0.25) is 10.1 Å². The number of dihydropyridines is 1. The van der Waals surface area contributed by atoms with Crippen LogP contribution in [0.4, 0.5) is 18.9 Å². The van der Waals surface area contributed by atoms with Crippen LogP contribution >= 0.6 is 0 Å². The van der Waals surface area contributed by atoms with Gasteiger partial charge in [-0.1, -0.05) is 0 Å². The zero-order valence-electron chi connectivity index (χ0n) is 18.7. The molecule has 1 unspecified atom stereocenters. The topological polar surface area (TPSA) is 143 Å². The fraction of sp³-hybridized carbons (Fsp3) is 0.429. The number of hydrogen-bond donors (Lipinski definition) is 2. The van der Waals surface area contributed by atoms with Crippen LogP contribution in [0, 0.1) is 21.7 Å². The quantitative estimate of drug-likeness (QED) is 0.220. The van der Waals surface area contributed by atoms with Crippen LogP contribution in [-0.4, -0.2) is 56.5 Å². The van der Waals surface area contributed by atoms with Crippen LogP contribution in [-0.2, 0) is 23.8 Å². The molecular formula is C21H24F3N3O7. The van der Waals surface area contributed by atoms with Crippen molar-refractivity contribution < 1.29 is 41.9 Å². The van der Waals surface area contributed by atoms with Crippen LogP contribution < -0.4 is 11.1 Å². The molecule has 13 heteroatoms. The predicted octanol–water partition coefficient (Wildman–Crippen LogP) is 2.14. The van der Waals surface area contributed by atoms with Gasteiger partial charge in [0.1, 0.15) is 12.5 Å². The van der Waals surface area contributed by atoms with Gasteiger partial charge in [-0.05, 0) is 19.9 Å². The summed E-state index contributed by atoms with van der Waals surface area (Å²) in [5, 5.41) is 13.8. The lowest BCUT2D eigenvalue weighted by molar-refractivity contribution is -0.387. The number of carbonyl (C=O) groups is 2. The lowest BCUT2D eigenvalue weighted by atomic mass is 9.79. The van der Waals surface area contributed by atoms with E-state index in [1.807, 2.05) is 0 Å². The van der Waals surface area contributed by atoms with Crippen LogP contribution in [0.5, 0.6) is 0 Å². The molecule has 1 aromatic carbocycles. The first-order valence-corrected chi connectivity index (χ1v) is 10.1. The van der Waals surface area contributed by atoms with Crippen molar-refractivity contribution in [3.05, 3.63) is 62.0 Å². The second-order valence-electron chi connectivity index (χ2n) is 7.31. The number of nitrogens with zero attached hydrogens (tertiary/aromatic N) is 1. The van der Waals surface area contributed by atoms with Crippen molar-refractivity contribution in [2.45, 2.75) is 25.9 Å². The maximum atomic E-state index is 15.3. The Hall–Kier alpha value is -3.45. The summed E-state index contributed by atoms with van der Waals surface area (Å²) in [6.45, 7) is 1.40. The lowest BCUT2D eigenvalue weighted by Gasteiger charge is -2.32. The largest absolute Gasteiger partial charge is 0.466 e. The molecule has 34 heavy (non-hydrogen) atoms. The normalized spacial score (nSPS) is 15.9. The summed E-state index contributed by atoms with van der Waals surface area (Å²) in [6.07, 6.45) is -0.695. The number of nitro benzene ring substituents is 1. The molecule has 0 aromatic heterocycles. The number of rotatable bonds is 10. The van der Waals surface area contributed by atoms with Gasteiger partial charge in [-0.25, -0.2) is 18.4 Å². The molecule has 10 nitrogen and oxygen atoms in total. The van der Waals surface area contributed by atoms with Crippen LogP contribution in [0.1, 0.15) is 25.3 Å². The Morgan fingerprint density at radius 1 is 1.21 bits per heavy atom. The summed E-state index contributed by atoms with van der Waals surface area (Å²) in [4.78, 5) is 35.9. The smallest absolute Gasteiger partial charge is 0.337 e. The zero-order chi connectivity index (χ0) is 25.6. The summed E-state index contributed by atoms with van der Waals surface area (Å²) in [6, 6.07) is 1.20. The minimum atomic E-state index is -1.94. The Balaban J connectivity index is 2.93. The lowest BCUT2D eigenvalue weighted by Crippen LogP contribution is -2.37. The van der Waals surface area contributed by atoms with E-state index >= 15 is 8.78 Å². The fourth-order valence-corrected chi connectivity index (χ4v) is 3.41. The standard InChI is InChI=1S/C21H24F3N3O7/c1-10(2)34-21(29)17-13(9-33-7-6-25)26-12(8-22)16(20(28)32-3)18(17)15-11(23)4-5-14(19(15)24)27(30)31/h4-5,10,18,26H,6-9,25H2,1-3H3. The third-order valence-corrected chi connectivity index (χ3v) is 4.73. The average molecular weight is 487 g/mol. The van der Waals surface area contributed by atoms with Crippen molar-refractivity contribution in [1.29, 1.82) is 0 Å². The molecule has 0 fully saturated rings. The van der Waals surface area contributed by atoms with E-state index in [0.717, 1.165) is 7.11 Å². The second-order valence-corrected chi connectivity index (χ2v) is 7.31. The first kappa shape index (κ1) is 26.8. The van der Waals surface area contributed by atoms with Gasteiger partial charge in [0, 0.05) is 18.2 Å². The highest BCUT2D eigenvalue weighted by atomic mass is 19.1. The Kier molecular flexibility index (Phi) is 9.15. The summed E-state index contributed by atoms with van der Waals surface area (Å²) in [5.41, 5.74) is 1.49. The number of ether oxygens (including phenoxy) is 3. The van der Waals surface area contributed by atoms with Crippen LogP contribution in [0.25, 0.3) is 0 Å². The molecule has 0 amide bonds. The zero-order valence-corrected chi connectivity index (χ0v) is 18.7. The van der Waals surface area contributed by atoms with E-state index < -0.39 is 81.9 Å². The molecule has 2 rings (SSSR count). The number of benzene rings is 1. The van der Waals surface area contributed by atoms with Gasteiger partial charge >= 0.3 is 17.6 Å². The SMILES string of the molecule is COC(=O)C1=C(CF)NC(COCCN)=C(C(=O)OC(C)C)C1c1c(F)ccc([N+](=O)[O-])c1F. The third kappa shape index (κ3) is 5.54. The van der Waals surface area contributed by atoms with E-state index in [1.165, 1.54) is 13.8 Å². The van der Waals surface area contributed by atoms with Crippen molar-refractivity contribution in [2.75, 3.05) is 33.5 Å². The highest BCUT2D eigenvalue weighted by Crippen LogP contribution is 2.43. The Labute approximate surface area is 192 Å². The van der Waals surface area contributed by atoms with Crippen LogP contribution in [0.15, 0.2) is 34.7 Å². The summed E-state index contributed by atoms with van der Waals surface area (Å²) >= 11 is 0. The maximum Gasteiger partial charge on any atom is 0.337 e. The molecule has 3 N–H and O–H groups in total. The third-order valence-electron chi connectivity index (χ3n) is 4.73. The monoisotopic (exact) mass is 487 g/mol. The van der Waals surface area contributed by atoms with Crippen LogP contribution in [0.2, 0.25) is 0 Å². The van der Waals surface area contributed by atoms with Crippen molar-refractivity contribution >= 4 is 17.6 Å². The van der Waals surface area contributed by atoms with E-state index in [0.29, 0.717) is 12.1 Å². The number of allylic oxidation sites excluding steroid dienone is 1. The van der Waals surface area contributed by atoms with Crippen molar-refractivity contribution in [2.24, 2.45) is 5.73 Å². The highest BCUT2D eigenvalue weighted by Gasteiger charge is 2.44. The van der Waals surface area contributed by atoms with Crippen molar-refractivity contribution in [1.82, 2.24) is 5.32 Å². The number of esters is 2. The molecule has 1 aromatic rings. The van der Waals surface area contributed by atoms with E-state index in [9.17, 15) is 24.1 Å². The van der Waals surface area contributed by atoms with E-state index in [1.54, 1.807) is 0 Å². The van der Waals surface area contributed by atoms with E-state index in [4.69, 9.17) is 15.2 Å².